The molecule has 18 heavy (non-hydrogen) atoms. The third-order valence-electron chi connectivity index (χ3n) is 3.45. The molecule has 2 unspecified atom stereocenters. The molecule has 1 saturated heterocycles. The Balaban J connectivity index is 2.19. The normalized spacial score (nSPS) is 24.5. The van der Waals surface area contributed by atoms with Crippen molar-refractivity contribution in [3.05, 3.63) is 24.3 Å². The van der Waals surface area contributed by atoms with Crippen LogP contribution in [0.3, 0.4) is 0 Å². The van der Waals surface area contributed by atoms with Gasteiger partial charge >= 0.3 is 0 Å². The number of nitrogens with zero attached hydrogens (tertiary/aromatic N) is 1. The van der Waals surface area contributed by atoms with Crippen LogP contribution >= 0.6 is 0 Å². The van der Waals surface area contributed by atoms with Gasteiger partial charge in [0.2, 0.25) is 10.0 Å². The minimum atomic E-state index is -3.35. The molecule has 0 aliphatic carbocycles. The third-order valence-corrected chi connectivity index (χ3v) is 4.88. The van der Waals surface area contributed by atoms with Gasteiger partial charge in [-0.1, -0.05) is 6.92 Å². The Bertz CT molecular complexity index is 503. The molecule has 1 aliphatic rings. The van der Waals surface area contributed by atoms with Gasteiger partial charge in [-0.3, -0.25) is 0 Å². The molecular weight excluding hydrogens is 250 g/mol. The van der Waals surface area contributed by atoms with Gasteiger partial charge in [-0.15, -0.1) is 0 Å². The number of benzene rings is 1. The van der Waals surface area contributed by atoms with Gasteiger partial charge in [0.25, 0.3) is 0 Å². The zero-order valence-electron chi connectivity index (χ0n) is 10.6. The first kappa shape index (κ1) is 13.3. The van der Waals surface area contributed by atoms with E-state index >= 15 is 0 Å². The van der Waals surface area contributed by atoms with E-state index in [1.165, 1.54) is 7.05 Å². The molecule has 2 atom stereocenters. The quantitative estimate of drug-likeness (QED) is 0.832. The summed E-state index contributed by atoms with van der Waals surface area (Å²) >= 11 is 0. The molecule has 0 amide bonds. The molecule has 0 bridgehead atoms. The van der Waals surface area contributed by atoms with Crippen molar-refractivity contribution >= 4 is 15.7 Å². The van der Waals surface area contributed by atoms with Gasteiger partial charge in [-0.2, -0.15) is 0 Å². The van der Waals surface area contributed by atoms with Crippen molar-refractivity contribution in [1.82, 2.24) is 4.72 Å². The van der Waals surface area contributed by atoms with E-state index in [0.717, 1.165) is 18.8 Å². The molecule has 0 aromatic heterocycles. The zero-order chi connectivity index (χ0) is 13.3. The number of anilines is 1. The minimum Gasteiger partial charge on any atom is -0.370 e. The largest absolute Gasteiger partial charge is 0.370 e. The second kappa shape index (κ2) is 4.87. The Morgan fingerprint density at radius 3 is 2.33 bits per heavy atom. The Hall–Kier alpha value is -1.11. The van der Waals surface area contributed by atoms with Gasteiger partial charge in [0, 0.05) is 24.8 Å². The molecule has 1 aliphatic heterocycles. The van der Waals surface area contributed by atoms with Crippen LogP contribution in [0.5, 0.6) is 0 Å². The molecule has 0 radical (unpaired) electrons. The molecule has 1 fully saturated rings. The fraction of sp³-hybridized carbons (Fsp3) is 0.500. The maximum atomic E-state index is 11.6. The lowest BCUT2D eigenvalue weighted by Crippen LogP contribution is -2.28. The summed E-state index contributed by atoms with van der Waals surface area (Å²) in [7, 11) is -1.95. The van der Waals surface area contributed by atoms with Crippen molar-refractivity contribution in [2.75, 3.05) is 25.0 Å². The third kappa shape index (κ3) is 2.50. The van der Waals surface area contributed by atoms with Crippen LogP contribution in [0.4, 0.5) is 5.69 Å². The molecule has 5 nitrogen and oxygen atoms in total. The highest BCUT2D eigenvalue weighted by Gasteiger charge is 2.26. The molecule has 1 aromatic rings. The number of nitrogens with one attached hydrogen (secondary N) is 1. The van der Waals surface area contributed by atoms with Crippen LogP contribution in [0.2, 0.25) is 0 Å². The highest BCUT2D eigenvalue weighted by molar-refractivity contribution is 7.89. The van der Waals surface area contributed by atoms with E-state index in [1.54, 1.807) is 12.1 Å². The molecule has 1 aromatic carbocycles. The van der Waals surface area contributed by atoms with Gasteiger partial charge in [0.15, 0.2) is 0 Å². The second-order valence-electron chi connectivity index (χ2n) is 4.75. The van der Waals surface area contributed by atoms with Crippen LogP contribution in [0.25, 0.3) is 0 Å². The van der Waals surface area contributed by atoms with E-state index in [1.807, 2.05) is 12.1 Å². The average Bonchev–Trinajstić information content (AvgIpc) is 2.70. The number of hydrogen-bond acceptors (Lipinski definition) is 4. The maximum Gasteiger partial charge on any atom is 0.240 e. The van der Waals surface area contributed by atoms with E-state index < -0.39 is 10.0 Å². The average molecular weight is 269 g/mol. The standard InChI is InChI=1S/C12H19N3O2S/c1-9-7-15(8-12(9)13)10-3-5-11(6-4-10)18(16,17)14-2/h3-6,9,12,14H,7-8,13H2,1-2H3. The first-order valence-corrected chi connectivity index (χ1v) is 7.46. The number of nitrogens with two attached hydrogens (primary N) is 1. The minimum absolute atomic E-state index is 0.186. The Labute approximate surface area is 108 Å². The summed E-state index contributed by atoms with van der Waals surface area (Å²) in [5.41, 5.74) is 7.00. The number of hydrogen-bond donors (Lipinski definition) is 2. The van der Waals surface area contributed by atoms with Crippen molar-refractivity contribution < 1.29 is 8.42 Å². The van der Waals surface area contributed by atoms with Crippen LogP contribution in [0, 0.1) is 5.92 Å². The topological polar surface area (TPSA) is 75.4 Å². The van der Waals surface area contributed by atoms with Gasteiger partial charge in [0.05, 0.1) is 4.90 Å². The molecule has 6 heteroatoms. The molecular formula is C12H19N3O2S. The molecule has 0 spiro atoms. The summed E-state index contributed by atoms with van der Waals surface area (Å²) in [6.45, 7) is 3.86. The van der Waals surface area contributed by atoms with E-state index in [9.17, 15) is 8.42 Å². The molecule has 100 valence electrons. The van der Waals surface area contributed by atoms with Crippen LogP contribution in [-0.4, -0.2) is 34.6 Å². The maximum absolute atomic E-state index is 11.6. The predicted molar refractivity (Wildman–Crippen MR) is 72.0 cm³/mol. The SMILES string of the molecule is CNS(=O)(=O)c1ccc(N2CC(C)C(N)C2)cc1. The highest BCUT2D eigenvalue weighted by Crippen LogP contribution is 2.24. The molecule has 2 rings (SSSR count). The van der Waals surface area contributed by atoms with Crippen LogP contribution in [-0.2, 0) is 10.0 Å². The predicted octanol–water partition coefficient (Wildman–Crippen LogP) is 0.378. The van der Waals surface area contributed by atoms with Crippen LogP contribution in [0.15, 0.2) is 29.2 Å². The van der Waals surface area contributed by atoms with Crippen molar-refractivity contribution in [3.8, 4) is 0 Å². The second-order valence-corrected chi connectivity index (χ2v) is 6.63. The molecule has 0 saturated carbocycles. The summed E-state index contributed by atoms with van der Waals surface area (Å²) in [4.78, 5) is 2.47. The summed E-state index contributed by atoms with van der Waals surface area (Å²) in [5, 5.41) is 0. The van der Waals surface area contributed by atoms with Crippen molar-refractivity contribution in [2.24, 2.45) is 11.7 Å². The fourth-order valence-electron chi connectivity index (χ4n) is 2.16. The molecule has 1 heterocycles. The van der Waals surface area contributed by atoms with Gasteiger partial charge in [-0.05, 0) is 37.2 Å². The van der Waals surface area contributed by atoms with Crippen LogP contribution in [0.1, 0.15) is 6.92 Å². The van der Waals surface area contributed by atoms with Crippen molar-refractivity contribution in [1.29, 1.82) is 0 Å². The number of rotatable bonds is 3. The summed E-state index contributed by atoms with van der Waals surface area (Å²) < 4.78 is 25.5. The van der Waals surface area contributed by atoms with Gasteiger partial charge < -0.3 is 10.6 Å². The lowest BCUT2D eigenvalue weighted by Gasteiger charge is -2.18. The molecule has 3 N–H and O–H groups in total. The summed E-state index contributed by atoms with van der Waals surface area (Å²) in [6.07, 6.45) is 0. The van der Waals surface area contributed by atoms with Crippen molar-refractivity contribution in [3.63, 3.8) is 0 Å². The number of sulfonamides is 1. The smallest absolute Gasteiger partial charge is 0.240 e. The lowest BCUT2D eigenvalue weighted by atomic mass is 10.1. The van der Waals surface area contributed by atoms with E-state index in [2.05, 4.69) is 16.5 Å². The van der Waals surface area contributed by atoms with Gasteiger partial charge in [0.1, 0.15) is 0 Å². The Morgan fingerprint density at radius 2 is 1.89 bits per heavy atom. The van der Waals surface area contributed by atoms with E-state index in [0.29, 0.717) is 5.92 Å². The van der Waals surface area contributed by atoms with Gasteiger partial charge in [-0.25, -0.2) is 13.1 Å². The first-order chi connectivity index (χ1) is 8.44. The van der Waals surface area contributed by atoms with Crippen LogP contribution < -0.4 is 15.4 Å². The zero-order valence-corrected chi connectivity index (χ0v) is 11.4. The van der Waals surface area contributed by atoms with Crippen molar-refractivity contribution in [2.45, 2.75) is 17.9 Å². The van der Waals surface area contributed by atoms with E-state index in [-0.39, 0.29) is 10.9 Å². The Morgan fingerprint density at radius 1 is 1.28 bits per heavy atom. The summed E-state index contributed by atoms with van der Waals surface area (Å²) in [5.74, 6) is 0.464. The lowest BCUT2D eigenvalue weighted by molar-refractivity contribution is 0.566. The monoisotopic (exact) mass is 269 g/mol. The fourth-order valence-corrected chi connectivity index (χ4v) is 2.89. The summed E-state index contributed by atoms with van der Waals surface area (Å²) in [6, 6.07) is 7.08. The highest BCUT2D eigenvalue weighted by atomic mass is 32.2. The Kier molecular flexibility index (Phi) is 3.61. The van der Waals surface area contributed by atoms with E-state index in [4.69, 9.17) is 5.73 Å². The first-order valence-electron chi connectivity index (χ1n) is 5.98.